The van der Waals surface area contributed by atoms with E-state index in [2.05, 4.69) is 69.2 Å². The van der Waals surface area contributed by atoms with Crippen molar-refractivity contribution >= 4 is 21.6 Å². The second kappa shape index (κ2) is 8.15. The quantitative estimate of drug-likeness (QED) is 0.809. The van der Waals surface area contributed by atoms with E-state index in [1.54, 1.807) is 0 Å². The molecule has 0 aliphatic heterocycles. The Kier molecular flexibility index (Phi) is 6.21. The van der Waals surface area contributed by atoms with Gasteiger partial charge in [-0.1, -0.05) is 32.0 Å². The first kappa shape index (κ1) is 16.0. The van der Waals surface area contributed by atoms with E-state index in [1.807, 2.05) is 18.3 Å². The molecular weight excluding hydrogens is 326 g/mol. The van der Waals surface area contributed by atoms with Crippen LogP contribution in [0.15, 0.2) is 47.1 Å². The summed E-state index contributed by atoms with van der Waals surface area (Å²) in [5.74, 6) is 0. The molecule has 4 heteroatoms. The number of para-hydroxylation sites is 1. The monoisotopic (exact) mass is 347 g/mol. The fourth-order valence-electron chi connectivity index (χ4n) is 2.22. The zero-order chi connectivity index (χ0) is 15.1. The number of aromatic nitrogens is 1. The second-order valence-corrected chi connectivity index (χ2v) is 5.86. The standard InChI is InChI=1S/C17H22BrN3/c1-3-21(4-2)13-14-7-5-6-8-17(14)20-12-16-10-9-15(18)11-19-16/h5-11,20H,3-4,12-13H2,1-2H3. The summed E-state index contributed by atoms with van der Waals surface area (Å²) in [6.45, 7) is 8.25. The fraction of sp³-hybridized carbons (Fsp3) is 0.353. The van der Waals surface area contributed by atoms with Gasteiger partial charge in [-0.15, -0.1) is 0 Å². The van der Waals surface area contributed by atoms with Gasteiger partial charge in [-0.25, -0.2) is 0 Å². The van der Waals surface area contributed by atoms with E-state index in [9.17, 15) is 0 Å². The molecule has 2 aromatic rings. The van der Waals surface area contributed by atoms with E-state index in [0.717, 1.165) is 36.3 Å². The highest BCUT2D eigenvalue weighted by Gasteiger charge is 2.06. The lowest BCUT2D eigenvalue weighted by molar-refractivity contribution is 0.296. The average Bonchev–Trinajstić information content (AvgIpc) is 2.53. The topological polar surface area (TPSA) is 28.2 Å². The van der Waals surface area contributed by atoms with Gasteiger partial charge < -0.3 is 5.32 Å². The molecule has 0 saturated carbocycles. The number of anilines is 1. The highest BCUT2D eigenvalue weighted by atomic mass is 79.9. The summed E-state index contributed by atoms with van der Waals surface area (Å²) >= 11 is 3.41. The van der Waals surface area contributed by atoms with E-state index < -0.39 is 0 Å². The first-order chi connectivity index (χ1) is 10.2. The van der Waals surface area contributed by atoms with Crippen LogP contribution in [0.1, 0.15) is 25.1 Å². The maximum Gasteiger partial charge on any atom is 0.0595 e. The highest BCUT2D eigenvalue weighted by molar-refractivity contribution is 9.10. The minimum atomic E-state index is 0.739. The number of hydrogen-bond donors (Lipinski definition) is 1. The van der Waals surface area contributed by atoms with Crippen molar-refractivity contribution in [3.8, 4) is 0 Å². The molecule has 1 N–H and O–H groups in total. The maximum absolute atomic E-state index is 4.40. The number of halogens is 1. The molecule has 21 heavy (non-hydrogen) atoms. The molecule has 0 fully saturated rings. The molecule has 1 heterocycles. The zero-order valence-corrected chi connectivity index (χ0v) is 14.2. The minimum absolute atomic E-state index is 0.739. The van der Waals surface area contributed by atoms with Gasteiger partial charge in [-0.05, 0) is 52.8 Å². The van der Waals surface area contributed by atoms with Crippen molar-refractivity contribution in [2.45, 2.75) is 26.9 Å². The Morgan fingerprint density at radius 1 is 1.10 bits per heavy atom. The number of nitrogens with one attached hydrogen (secondary N) is 1. The zero-order valence-electron chi connectivity index (χ0n) is 12.6. The molecule has 0 unspecified atom stereocenters. The van der Waals surface area contributed by atoms with Gasteiger partial charge in [-0.2, -0.15) is 0 Å². The van der Waals surface area contributed by atoms with Crippen molar-refractivity contribution in [2.75, 3.05) is 18.4 Å². The third-order valence-corrected chi connectivity index (χ3v) is 4.02. The van der Waals surface area contributed by atoms with Crippen LogP contribution in [0.2, 0.25) is 0 Å². The highest BCUT2D eigenvalue weighted by Crippen LogP contribution is 2.18. The Labute approximate surface area is 135 Å². The van der Waals surface area contributed by atoms with Crippen LogP contribution in [-0.4, -0.2) is 23.0 Å². The molecule has 1 aromatic carbocycles. The number of hydrogen-bond acceptors (Lipinski definition) is 3. The summed E-state index contributed by atoms with van der Waals surface area (Å²) in [5, 5.41) is 3.50. The Morgan fingerprint density at radius 3 is 2.52 bits per heavy atom. The molecule has 0 aliphatic rings. The van der Waals surface area contributed by atoms with E-state index in [1.165, 1.54) is 11.3 Å². The van der Waals surface area contributed by atoms with Crippen LogP contribution >= 0.6 is 15.9 Å². The van der Waals surface area contributed by atoms with E-state index in [0.29, 0.717) is 0 Å². The van der Waals surface area contributed by atoms with Crippen molar-refractivity contribution in [3.63, 3.8) is 0 Å². The first-order valence-corrected chi connectivity index (χ1v) is 8.16. The molecule has 0 saturated heterocycles. The van der Waals surface area contributed by atoms with E-state index in [-0.39, 0.29) is 0 Å². The lowest BCUT2D eigenvalue weighted by Gasteiger charge is -2.20. The van der Waals surface area contributed by atoms with Crippen molar-refractivity contribution in [2.24, 2.45) is 0 Å². The Bertz CT molecular complexity index is 550. The summed E-state index contributed by atoms with van der Waals surface area (Å²) in [5.41, 5.74) is 3.56. The summed E-state index contributed by atoms with van der Waals surface area (Å²) in [4.78, 5) is 6.81. The molecule has 3 nitrogen and oxygen atoms in total. The lowest BCUT2D eigenvalue weighted by Crippen LogP contribution is -2.22. The second-order valence-electron chi connectivity index (χ2n) is 4.94. The van der Waals surface area contributed by atoms with Gasteiger partial charge in [0.15, 0.2) is 0 Å². The number of benzene rings is 1. The van der Waals surface area contributed by atoms with E-state index in [4.69, 9.17) is 0 Å². The summed E-state index contributed by atoms with van der Waals surface area (Å²) < 4.78 is 1.01. The maximum atomic E-state index is 4.40. The first-order valence-electron chi connectivity index (χ1n) is 7.37. The van der Waals surface area contributed by atoms with Crippen LogP contribution in [0.3, 0.4) is 0 Å². The normalized spacial score (nSPS) is 10.9. The van der Waals surface area contributed by atoms with Gasteiger partial charge in [0.05, 0.1) is 12.2 Å². The number of rotatable bonds is 7. The van der Waals surface area contributed by atoms with Crippen LogP contribution in [0.4, 0.5) is 5.69 Å². The van der Waals surface area contributed by atoms with Gasteiger partial charge >= 0.3 is 0 Å². The average molecular weight is 348 g/mol. The van der Waals surface area contributed by atoms with E-state index >= 15 is 0 Å². The molecule has 0 aliphatic carbocycles. The minimum Gasteiger partial charge on any atom is -0.379 e. The smallest absolute Gasteiger partial charge is 0.0595 e. The predicted octanol–water partition coefficient (Wildman–Crippen LogP) is 4.30. The molecule has 0 amide bonds. The van der Waals surface area contributed by atoms with Crippen LogP contribution < -0.4 is 5.32 Å². The van der Waals surface area contributed by atoms with Gasteiger partial charge in [0.25, 0.3) is 0 Å². The fourth-order valence-corrected chi connectivity index (χ4v) is 2.45. The molecule has 0 radical (unpaired) electrons. The van der Waals surface area contributed by atoms with Gasteiger partial charge in [0, 0.05) is 22.9 Å². The van der Waals surface area contributed by atoms with Crippen molar-refractivity contribution in [1.29, 1.82) is 0 Å². The van der Waals surface area contributed by atoms with Crippen LogP contribution in [0, 0.1) is 0 Å². The van der Waals surface area contributed by atoms with Crippen molar-refractivity contribution in [3.05, 3.63) is 58.3 Å². The summed E-state index contributed by atoms with van der Waals surface area (Å²) in [6, 6.07) is 12.5. The predicted molar refractivity (Wildman–Crippen MR) is 92.3 cm³/mol. The van der Waals surface area contributed by atoms with Crippen LogP contribution in [-0.2, 0) is 13.1 Å². The van der Waals surface area contributed by atoms with Crippen LogP contribution in [0.5, 0.6) is 0 Å². The SMILES string of the molecule is CCN(CC)Cc1ccccc1NCc1ccc(Br)cn1. The molecular formula is C17H22BrN3. The van der Waals surface area contributed by atoms with Gasteiger partial charge in [-0.3, -0.25) is 9.88 Å². The van der Waals surface area contributed by atoms with Gasteiger partial charge in [0.1, 0.15) is 0 Å². The third-order valence-electron chi connectivity index (χ3n) is 3.55. The molecule has 0 spiro atoms. The van der Waals surface area contributed by atoms with Crippen LogP contribution in [0.25, 0.3) is 0 Å². The molecule has 112 valence electrons. The summed E-state index contributed by atoms with van der Waals surface area (Å²) in [7, 11) is 0. The summed E-state index contributed by atoms with van der Waals surface area (Å²) in [6.07, 6.45) is 1.83. The molecule has 1 aromatic heterocycles. The Hall–Kier alpha value is -1.39. The Balaban J connectivity index is 2.04. The molecule has 0 bridgehead atoms. The largest absolute Gasteiger partial charge is 0.379 e. The van der Waals surface area contributed by atoms with Crippen molar-refractivity contribution in [1.82, 2.24) is 9.88 Å². The molecule has 2 rings (SSSR count). The third kappa shape index (κ3) is 4.83. The molecule has 0 atom stereocenters. The number of nitrogens with zero attached hydrogens (tertiary/aromatic N) is 2. The van der Waals surface area contributed by atoms with Crippen molar-refractivity contribution < 1.29 is 0 Å². The lowest BCUT2D eigenvalue weighted by atomic mass is 10.1. The number of pyridine rings is 1. The Morgan fingerprint density at radius 2 is 1.86 bits per heavy atom. The van der Waals surface area contributed by atoms with Gasteiger partial charge in [0.2, 0.25) is 0 Å².